The van der Waals surface area contributed by atoms with Crippen LogP contribution < -0.4 is 27.0 Å². The minimum atomic E-state index is -1.41. The number of nitrogens with one attached hydrogen (secondary N) is 4. The average Bonchev–Trinajstić information content (AvgIpc) is 2.91. The standard InChI is InChI=1S/C26H37N7O7/c1-15(2)22-26(40)33(3)19(8-5-9-28-14-27)25(39)30-13-20(34)31-18(11-21(35)36)24(38)29-12-16-6-4-7-17(10-16)23(37)32-22/h4,6-7,10,14-15,18-19,22H,5,8-9,11-13H2,1-3H3,(H2,27,28)(H,29,38)(H,30,39)(H,31,34)(H,32,37)(H,35,36)/t18-,19-,22?/m0/s1. The van der Waals surface area contributed by atoms with Gasteiger partial charge in [0, 0.05) is 25.7 Å². The van der Waals surface area contributed by atoms with Crippen LogP contribution in [0.25, 0.3) is 0 Å². The molecule has 3 atom stereocenters. The number of benzene rings is 1. The van der Waals surface area contributed by atoms with Crippen LogP contribution in [-0.4, -0.2) is 90.1 Å². The third-order valence-electron chi connectivity index (χ3n) is 6.32. The molecule has 1 heterocycles. The number of hydrogen-bond acceptors (Lipinski definition) is 7. The van der Waals surface area contributed by atoms with E-state index >= 15 is 0 Å². The Bertz CT molecular complexity index is 1140. The number of rotatable bonds is 7. The van der Waals surface area contributed by atoms with Crippen molar-refractivity contribution in [2.45, 2.75) is 57.8 Å². The monoisotopic (exact) mass is 559 g/mol. The predicted octanol–water partition coefficient (Wildman–Crippen LogP) is -1.26. The van der Waals surface area contributed by atoms with Crippen molar-refractivity contribution in [2.24, 2.45) is 16.6 Å². The van der Waals surface area contributed by atoms with Crippen molar-refractivity contribution in [3.63, 3.8) is 0 Å². The Balaban J connectivity index is 2.45. The van der Waals surface area contributed by atoms with Crippen LogP contribution in [0.5, 0.6) is 0 Å². The van der Waals surface area contributed by atoms with Crippen molar-refractivity contribution in [1.82, 2.24) is 26.2 Å². The molecule has 0 fully saturated rings. The van der Waals surface area contributed by atoms with Gasteiger partial charge in [0.2, 0.25) is 23.6 Å². The summed E-state index contributed by atoms with van der Waals surface area (Å²) < 4.78 is 0. The number of nitrogens with two attached hydrogens (primary N) is 1. The summed E-state index contributed by atoms with van der Waals surface area (Å²) in [5.74, 6) is -4.85. The molecule has 5 amide bonds. The van der Waals surface area contributed by atoms with Crippen molar-refractivity contribution < 1.29 is 33.9 Å². The third kappa shape index (κ3) is 9.36. The molecule has 1 aromatic carbocycles. The van der Waals surface area contributed by atoms with Gasteiger partial charge in [0.15, 0.2) is 0 Å². The molecule has 2 rings (SSSR count). The van der Waals surface area contributed by atoms with Crippen LogP contribution in [0.15, 0.2) is 29.3 Å². The number of aliphatic imine (C=N–C) groups is 1. The van der Waals surface area contributed by atoms with Gasteiger partial charge < -0.3 is 37.0 Å². The zero-order valence-corrected chi connectivity index (χ0v) is 22.8. The molecule has 218 valence electrons. The van der Waals surface area contributed by atoms with Crippen LogP contribution in [0.3, 0.4) is 0 Å². The minimum absolute atomic E-state index is 0.0478. The van der Waals surface area contributed by atoms with Gasteiger partial charge in [-0.3, -0.25) is 33.8 Å². The van der Waals surface area contributed by atoms with E-state index in [1.54, 1.807) is 32.0 Å². The van der Waals surface area contributed by atoms with Gasteiger partial charge in [-0.25, -0.2) is 0 Å². The second kappa shape index (κ2) is 15.2. The molecular weight excluding hydrogens is 522 g/mol. The second-order valence-electron chi connectivity index (χ2n) is 9.71. The summed E-state index contributed by atoms with van der Waals surface area (Å²) >= 11 is 0. The van der Waals surface area contributed by atoms with E-state index in [4.69, 9.17) is 5.73 Å². The molecule has 0 aliphatic carbocycles. The van der Waals surface area contributed by atoms with Gasteiger partial charge in [0.25, 0.3) is 5.91 Å². The normalized spacial score (nSPS) is 21.8. The summed E-state index contributed by atoms with van der Waals surface area (Å²) in [6, 6.07) is 2.95. The van der Waals surface area contributed by atoms with Gasteiger partial charge in [0.1, 0.15) is 18.1 Å². The van der Waals surface area contributed by atoms with E-state index in [0.717, 1.165) is 6.34 Å². The topological polar surface area (TPSA) is 212 Å². The molecule has 7 N–H and O–H groups in total. The minimum Gasteiger partial charge on any atom is -0.481 e. The molecule has 1 aromatic rings. The number of carboxylic acids is 1. The second-order valence-corrected chi connectivity index (χ2v) is 9.71. The van der Waals surface area contributed by atoms with Crippen molar-refractivity contribution in [3.8, 4) is 0 Å². The molecule has 0 saturated heterocycles. The maximum absolute atomic E-state index is 13.5. The van der Waals surface area contributed by atoms with E-state index in [-0.39, 0.29) is 24.4 Å². The Kier molecular flexibility index (Phi) is 12.0. The van der Waals surface area contributed by atoms with Gasteiger partial charge in [-0.05, 0) is 36.5 Å². The number of amides is 5. The van der Waals surface area contributed by atoms with E-state index in [1.165, 1.54) is 18.0 Å². The zero-order valence-electron chi connectivity index (χ0n) is 22.8. The smallest absolute Gasteiger partial charge is 0.305 e. The number of carbonyl (C=O) groups is 6. The summed E-state index contributed by atoms with van der Waals surface area (Å²) in [4.78, 5) is 81.5. The first-order valence-electron chi connectivity index (χ1n) is 12.9. The highest BCUT2D eigenvalue weighted by atomic mass is 16.4. The maximum Gasteiger partial charge on any atom is 0.305 e. The lowest BCUT2D eigenvalue weighted by molar-refractivity contribution is -0.142. The summed E-state index contributed by atoms with van der Waals surface area (Å²) in [7, 11) is 1.44. The fourth-order valence-electron chi connectivity index (χ4n) is 4.11. The summed E-state index contributed by atoms with van der Waals surface area (Å²) in [5.41, 5.74) is 6.06. The quantitative estimate of drug-likeness (QED) is 0.134. The lowest BCUT2D eigenvalue weighted by atomic mass is 10.00. The molecule has 0 radical (unpaired) electrons. The van der Waals surface area contributed by atoms with Gasteiger partial charge in [0.05, 0.1) is 19.3 Å². The van der Waals surface area contributed by atoms with E-state index in [9.17, 15) is 33.9 Å². The van der Waals surface area contributed by atoms with E-state index in [0.29, 0.717) is 18.5 Å². The first-order valence-corrected chi connectivity index (χ1v) is 12.9. The molecule has 0 spiro atoms. The summed E-state index contributed by atoms with van der Waals surface area (Å²) in [6.07, 6.45) is 1.01. The highest BCUT2D eigenvalue weighted by Gasteiger charge is 2.34. The van der Waals surface area contributed by atoms with Gasteiger partial charge in [-0.2, -0.15) is 0 Å². The van der Waals surface area contributed by atoms with Gasteiger partial charge >= 0.3 is 5.97 Å². The number of nitrogens with zero attached hydrogens (tertiary/aromatic N) is 2. The number of hydrogen-bond donors (Lipinski definition) is 6. The van der Waals surface area contributed by atoms with Crippen molar-refractivity contribution in [1.29, 1.82) is 0 Å². The Morgan fingerprint density at radius 3 is 2.48 bits per heavy atom. The molecule has 2 bridgehead atoms. The molecule has 14 nitrogen and oxygen atoms in total. The highest BCUT2D eigenvalue weighted by molar-refractivity contribution is 5.99. The Morgan fingerprint density at radius 2 is 1.82 bits per heavy atom. The predicted molar refractivity (Wildman–Crippen MR) is 145 cm³/mol. The lowest BCUT2D eigenvalue weighted by Crippen LogP contribution is -2.57. The number of carbonyl (C=O) groups excluding carboxylic acids is 5. The van der Waals surface area contributed by atoms with Crippen LogP contribution in [0.2, 0.25) is 0 Å². The fourth-order valence-corrected chi connectivity index (χ4v) is 4.11. The van der Waals surface area contributed by atoms with Crippen LogP contribution in [0.4, 0.5) is 0 Å². The van der Waals surface area contributed by atoms with Crippen LogP contribution in [-0.2, 0) is 30.5 Å². The Hall–Kier alpha value is -4.49. The summed E-state index contributed by atoms with van der Waals surface area (Å²) in [6.45, 7) is 3.21. The van der Waals surface area contributed by atoms with Crippen molar-refractivity contribution >= 4 is 41.8 Å². The Morgan fingerprint density at radius 1 is 1.12 bits per heavy atom. The van der Waals surface area contributed by atoms with E-state index in [2.05, 4.69) is 26.3 Å². The number of aliphatic carboxylic acids is 1. The molecule has 1 aliphatic rings. The zero-order chi connectivity index (χ0) is 29.8. The molecular formula is C26H37N7O7. The van der Waals surface area contributed by atoms with Gasteiger partial charge in [-0.15, -0.1) is 0 Å². The van der Waals surface area contributed by atoms with Crippen molar-refractivity contribution in [2.75, 3.05) is 20.1 Å². The SMILES string of the molecule is CC(C)C1NC(=O)c2cccc(c2)CNC(=O)[C@H](CC(=O)O)NC(=O)CNC(=O)[C@H](CCCN=CN)N(C)C1=O. The third-order valence-corrected chi connectivity index (χ3v) is 6.32. The first kappa shape index (κ1) is 31.7. The van der Waals surface area contributed by atoms with Gasteiger partial charge in [-0.1, -0.05) is 26.0 Å². The summed E-state index contributed by atoms with van der Waals surface area (Å²) in [5, 5.41) is 19.3. The number of likely N-dealkylation sites (N-methyl/N-ethyl adjacent to an activating group) is 1. The Labute approximate surface area is 232 Å². The largest absolute Gasteiger partial charge is 0.481 e. The molecule has 0 aromatic heterocycles. The van der Waals surface area contributed by atoms with Crippen LogP contribution in [0, 0.1) is 5.92 Å². The van der Waals surface area contributed by atoms with Crippen molar-refractivity contribution in [3.05, 3.63) is 35.4 Å². The molecule has 14 heteroatoms. The van der Waals surface area contributed by atoms with Crippen LogP contribution in [0.1, 0.15) is 49.0 Å². The van der Waals surface area contributed by atoms with E-state index < -0.39 is 66.6 Å². The highest BCUT2D eigenvalue weighted by Crippen LogP contribution is 2.14. The van der Waals surface area contributed by atoms with Crippen LogP contribution >= 0.6 is 0 Å². The molecule has 1 unspecified atom stereocenters. The molecule has 0 saturated carbocycles. The fraction of sp³-hybridized carbons (Fsp3) is 0.500. The first-order chi connectivity index (χ1) is 18.9. The number of carboxylic acid groups (broad SMARTS) is 1. The maximum atomic E-state index is 13.5. The van der Waals surface area contributed by atoms with E-state index in [1.807, 2.05) is 0 Å². The molecule has 40 heavy (non-hydrogen) atoms. The molecule has 1 aliphatic heterocycles. The number of fused-ring (bicyclic) bond motifs is 2. The average molecular weight is 560 g/mol. The lowest BCUT2D eigenvalue weighted by Gasteiger charge is -2.32.